The first-order chi connectivity index (χ1) is 7.26. The van der Waals surface area contributed by atoms with Gasteiger partial charge in [-0.25, -0.2) is 4.79 Å². The topological polar surface area (TPSA) is 29.5 Å². The zero-order chi connectivity index (χ0) is 11.1. The Morgan fingerprint density at radius 2 is 2.13 bits per heavy atom. The van der Waals surface area contributed by atoms with Crippen molar-refractivity contribution in [2.24, 2.45) is 5.92 Å². The van der Waals surface area contributed by atoms with Crippen LogP contribution >= 0.6 is 0 Å². The first-order valence-corrected chi connectivity index (χ1v) is 5.55. The molecule has 15 heavy (non-hydrogen) atoms. The molecular formula is C12H19NO2. The lowest BCUT2D eigenvalue weighted by Crippen LogP contribution is -2.33. The highest BCUT2D eigenvalue weighted by atomic mass is 16.5. The highest BCUT2D eigenvalue weighted by Crippen LogP contribution is 2.19. The standard InChI is InChI=1S/C12H19NO2/c1-3-13-9-7-11(8-10-13)5-4-6-12(14)15-2/h11H,3,5,7-10H2,1-2H3. The smallest absolute Gasteiger partial charge is 0.384 e. The molecule has 0 unspecified atom stereocenters. The summed E-state index contributed by atoms with van der Waals surface area (Å²) in [6.07, 6.45) is 3.22. The number of ether oxygens (including phenoxy) is 1. The molecular weight excluding hydrogens is 190 g/mol. The lowest BCUT2D eigenvalue weighted by Gasteiger charge is -2.29. The molecule has 1 saturated heterocycles. The van der Waals surface area contributed by atoms with Gasteiger partial charge in [0.15, 0.2) is 0 Å². The first kappa shape index (κ1) is 12.1. The van der Waals surface area contributed by atoms with Crippen LogP contribution in [0.2, 0.25) is 0 Å². The van der Waals surface area contributed by atoms with Gasteiger partial charge >= 0.3 is 5.97 Å². The molecule has 1 heterocycles. The maximum absolute atomic E-state index is 10.7. The first-order valence-electron chi connectivity index (χ1n) is 5.55. The van der Waals surface area contributed by atoms with Gasteiger partial charge < -0.3 is 9.64 Å². The molecule has 0 spiro atoms. The SMILES string of the molecule is CCN1CCC(CC#CC(=O)OC)CC1. The van der Waals surface area contributed by atoms with E-state index in [4.69, 9.17) is 0 Å². The Morgan fingerprint density at radius 3 is 2.67 bits per heavy atom. The Morgan fingerprint density at radius 1 is 1.47 bits per heavy atom. The number of carbonyl (C=O) groups excluding carboxylic acids is 1. The molecule has 1 fully saturated rings. The van der Waals surface area contributed by atoms with Gasteiger partial charge in [0.05, 0.1) is 7.11 Å². The van der Waals surface area contributed by atoms with Crippen LogP contribution in [0.5, 0.6) is 0 Å². The summed E-state index contributed by atoms with van der Waals surface area (Å²) in [7, 11) is 1.36. The number of hydrogen-bond donors (Lipinski definition) is 0. The minimum atomic E-state index is -0.430. The van der Waals surface area contributed by atoms with Crippen LogP contribution in [-0.2, 0) is 9.53 Å². The Bertz CT molecular complexity index is 257. The highest BCUT2D eigenvalue weighted by molar-refractivity contribution is 5.88. The van der Waals surface area contributed by atoms with Crippen molar-refractivity contribution in [1.29, 1.82) is 0 Å². The van der Waals surface area contributed by atoms with Gasteiger partial charge in [0.2, 0.25) is 0 Å². The monoisotopic (exact) mass is 209 g/mol. The van der Waals surface area contributed by atoms with Crippen LogP contribution in [0.25, 0.3) is 0 Å². The van der Waals surface area contributed by atoms with Crippen LogP contribution in [0.15, 0.2) is 0 Å². The van der Waals surface area contributed by atoms with Gasteiger partial charge in [0.25, 0.3) is 0 Å². The zero-order valence-corrected chi connectivity index (χ0v) is 9.58. The minimum Gasteiger partial charge on any atom is -0.459 e. The molecule has 0 aromatic heterocycles. The van der Waals surface area contributed by atoms with E-state index in [0.717, 1.165) is 13.0 Å². The van der Waals surface area contributed by atoms with Crippen molar-refractivity contribution < 1.29 is 9.53 Å². The predicted octanol–water partition coefficient (Wildman–Crippen LogP) is 1.28. The summed E-state index contributed by atoms with van der Waals surface area (Å²) in [4.78, 5) is 13.2. The third-order valence-electron chi connectivity index (χ3n) is 2.92. The lowest BCUT2D eigenvalue weighted by atomic mass is 9.94. The van der Waals surface area contributed by atoms with Gasteiger partial charge in [0, 0.05) is 12.3 Å². The van der Waals surface area contributed by atoms with Crippen molar-refractivity contribution in [3.63, 3.8) is 0 Å². The van der Waals surface area contributed by atoms with Gasteiger partial charge in [-0.1, -0.05) is 12.8 Å². The molecule has 0 amide bonds. The van der Waals surface area contributed by atoms with Crippen LogP contribution in [-0.4, -0.2) is 37.6 Å². The maximum Gasteiger partial charge on any atom is 0.384 e. The quantitative estimate of drug-likeness (QED) is 0.390. The summed E-state index contributed by atoms with van der Waals surface area (Å²) in [6, 6.07) is 0. The Hall–Kier alpha value is -1.01. The molecule has 0 aromatic rings. The fraction of sp³-hybridized carbons (Fsp3) is 0.750. The summed E-state index contributed by atoms with van der Waals surface area (Å²) in [5.41, 5.74) is 0. The minimum absolute atomic E-state index is 0.430. The lowest BCUT2D eigenvalue weighted by molar-refractivity contribution is -0.133. The number of piperidine rings is 1. The number of nitrogens with zero attached hydrogens (tertiary/aromatic N) is 1. The number of hydrogen-bond acceptors (Lipinski definition) is 3. The average Bonchev–Trinajstić information content (AvgIpc) is 2.29. The van der Waals surface area contributed by atoms with Crippen LogP contribution in [0.1, 0.15) is 26.2 Å². The average molecular weight is 209 g/mol. The number of carbonyl (C=O) groups is 1. The second-order valence-electron chi connectivity index (χ2n) is 3.88. The molecule has 0 atom stereocenters. The third-order valence-corrected chi connectivity index (χ3v) is 2.92. The van der Waals surface area contributed by atoms with E-state index >= 15 is 0 Å². The highest BCUT2D eigenvalue weighted by Gasteiger charge is 2.16. The molecule has 84 valence electrons. The summed E-state index contributed by atoms with van der Waals surface area (Å²) >= 11 is 0. The predicted molar refractivity (Wildman–Crippen MR) is 59.2 cm³/mol. The van der Waals surface area contributed by atoms with Crippen LogP contribution < -0.4 is 0 Å². The fourth-order valence-electron chi connectivity index (χ4n) is 1.83. The number of methoxy groups -OCH3 is 1. The molecule has 0 aliphatic carbocycles. The summed E-state index contributed by atoms with van der Waals surface area (Å²) < 4.78 is 4.45. The van der Waals surface area contributed by atoms with Crippen molar-refractivity contribution in [2.45, 2.75) is 26.2 Å². The van der Waals surface area contributed by atoms with Gasteiger partial charge in [-0.05, 0) is 38.4 Å². The second-order valence-corrected chi connectivity index (χ2v) is 3.88. The summed E-state index contributed by atoms with van der Waals surface area (Å²) in [5.74, 6) is 5.60. The van der Waals surface area contributed by atoms with Gasteiger partial charge in [-0.3, -0.25) is 0 Å². The van der Waals surface area contributed by atoms with E-state index in [2.05, 4.69) is 28.4 Å². The van der Waals surface area contributed by atoms with Crippen LogP contribution in [0.3, 0.4) is 0 Å². The van der Waals surface area contributed by atoms with E-state index in [-0.39, 0.29) is 0 Å². The van der Waals surface area contributed by atoms with E-state index in [0.29, 0.717) is 5.92 Å². The van der Waals surface area contributed by atoms with E-state index in [1.807, 2.05) is 0 Å². The summed E-state index contributed by atoms with van der Waals surface area (Å²) in [6.45, 7) is 5.67. The third kappa shape index (κ3) is 4.35. The van der Waals surface area contributed by atoms with Gasteiger partial charge in [-0.15, -0.1) is 0 Å². The normalized spacial score (nSPS) is 18.0. The zero-order valence-electron chi connectivity index (χ0n) is 9.58. The van der Waals surface area contributed by atoms with E-state index in [9.17, 15) is 4.79 Å². The van der Waals surface area contributed by atoms with Crippen molar-refractivity contribution in [2.75, 3.05) is 26.7 Å². The maximum atomic E-state index is 10.7. The molecule has 0 radical (unpaired) electrons. The largest absolute Gasteiger partial charge is 0.459 e. The second kappa shape index (κ2) is 6.47. The van der Waals surface area contributed by atoms with Crippen LogP contribution in [0.4, 0.5) is 0 Å². The Balaban J connectivity index is 2.23. The number of likely N-dealkylation sites (tertiary alicyclic amines) is 1. The van der Waals surface area contributed by atoms with E-state index in [1.165, 1.54) is 33.0 Å². The van der Waals surface area contributed by atoms with Gasteiger partial charge in [0.1, 0.15) is 0 Å². The molecule has 1 aliphatic rings. The summed E-state index contributed by atoms with van der Waals surface area (Å²) in [5, 5.41) is 0. The molecule has 3 nitrogen and oxygen atoms in total. The molecule has 0 aromatic carbocycles. The Kier molecular flexibility index (Phi) is 5.20. The van der Waals surface area contributed by atoms with Gasteiger partial charge in [-0.2, -0.15) is 0 Å². The molecule has 3 heteroatoms. The van der Waals surface area contributed by atoms with E-state index in [1.54, 1.807) is 0 Å². The molecule has 1 aliphatic heterocycles. The Labute approximate surface area is 91.8 Å². The molecule has 0 saturated carbocycles. The van der Waals surface area contributed by atoms with Crippen molar-refractivity contribution >= 4 is 5.97 Å². The van der Waals surface area contributed by atoms with Crippen LogP contribution in [0, 0.1) is 17.8 Å². The number of rotatable bonds is 2. The van der Waals surface area contributed by atoms with Crippen molar-refractivity contribution in [3.8, 4) is 11.8 Å². The van der Waals surface area contributed by atoms with Crippen molar-refractivity contribution in [3.05, 3.63) is 0 Å². The molecule has 0 N–H and O–H groups in total. The molecule has 0 bridgehead atoms. The van der Waals surface area contributed by atoms with E-state index < -0.39 is 5.97 Å². The van der Waals surface area contributed by atoms with Crippen molar-refractivity contribution in [1.82, 2.24) is 4.90 Å². The number of esters is 1. The molecule has 1 rings (SSSR count). The fourth-order valence-corrected chi connectivity index (χ4v) is 1.83.